The van der Waals surface area contributed by atoms with Gasteiger partial charge < -0.3 is 10.1 Å². The summed E-state index contributed by atoms with van der Waals surface area (Å²) in [5.74, 6) is 1.57. The minimum Gasteiger partial charge on any atom is -0.455 e. The molecular weight excluding hydrogens is 262 g/mol. The molecule has 4 heteroatoms. The van der Waals surface area contributed by atoms with Crippen LogP contribution in [0, 0.1) is 0 Å². The fourth-order valence-corrected chi connectivity index (χ4v) is 2.19. The number of rotatable bonds is 5. The van der Waals surface area contributed by atoms with Gasteiger partial charge in [0.2, 0.25) is 0 Å². The lowest BCUT2D eigenvalue weighted by Gasteiger charge is -2.12. The van der Waals surface area contributed by atoms with E-state index in [1.54, 1.807) is 18.6 Å². The zero-order chi connectivity index (χ0) is 14.5. The number of hydrogen-bond acceptors (Lipinski definition) is 4. The fourth-order valence-electron chi connectivity index (χ4n) is 2.19. The molecule has 0 spiro atoms. The second-order valence-electron chi connectivity index (χ2n) is 4.69. The summed E-state index contributed by atoms with van der Waals surface area (Å²) >= 11 is 0. The normalized spacial score (nSPS) is 10.7. The molecule has 0 bridgehead atoms. The summed E-state index contributed by atoms with van der Waals surface area (Å²) in [6.07, 6.45) is 5.32. The number of fused-ring (bicyclic) bond motifs is 1. The van der Waals surface area contributed by atoms with Crippen molar-refractivity contribution in [3.63, 3.8) is 0 Å². The minimum atomic E-state index is 0.761. The van der Waals surface area contributed by atoms with E-state index < -0.39 is 0 Å². The van der Waals surface area contributed by atoms with Crippen LogP contribution in [-0.4, -0.2) is 16.5 Å². The fraction of sp³-hybridized carbons (Fsp3) is 0.176. The number of ether oxygens (including phenoxy) is 1. The number of hydrogen-bond donors (Lipinski definition) is 1. The Morgan fingerprint density at radius 3 is 2.90 bits per heavy atom. The lowest BCUT2D eigenvalue weighted by atomic mass is 10.2. The SMILES string of the molecule is CCNCc1ccncc1Oc1cccc2ncccc12. The molecule has 0 saturated heterocycles. The lowest BCUT2D eigenvalue weighted by molar-refractivity contribution is 0.476. The number of nitrogens with one attached hydrogen (secondary N) is 1. The smallest absolute Gasteiger partial charge is 0.150 e. The first-order valence-corrected chi connectivity index (χ1v) is 7.03. The van der Waals surface area contributed by atoms with Gasteiger partial charge in [-0.25, -0.2) is 0 Å². The zero-order valence-electron chi connectivity index (χ0n) is 11.9. The van der Waals surface area contributed by atoms with Crippen molar-refractivity contribution in [3.05, 3.63) is 60.6 Å². The van der Waals surface area contributed by atoms with Crippen molar-refractivity contribution < 1.29 is 4.74 Å². The summed E-state index contributed by atoms with van der Waals surface area (Å²) in [7, 11) is 0. The first kappa shape index (κ1) is 13.5. The molecule has 0 aliphatic rings. The van der Waals surface area contributed by atoms with Gasteiger partial charge in [0.15, 0.2) is 0 Å². The Morgan fingerprint density at radius 1 is 1.05 bits per heavy atom. The summed E-state index contributed by atoms with van der Waals surface area (Å²) in [5, 5.41) is 4.31. The highest BCUT2D eigenvalue weighted by molar-refractivity contribution is 5.85. The van der Waals surface area contributed by atoms with Crippen LogP contribution in [0.4, 0.5) is 0 Å². The molecule has 0 amide bonds. The molecule has 0 unspecified atom stereocenters. The monoisotopic (exact) mass is 279 g/mol. The van der Waals surface area contributed by atoms with Crippen molar-refractivity contribution in [3.8, 4) is 11.5 Å². The Hall–Kier alpha value is -2.46. The molecule has 3 rings (SSSR count). The predicted molar refractivity (Wildman–Crippen MR) is 83.4 cm³/mol. The molecule has 21 heavy (non-hydrogen) atoms. The maximum Gasteiger partial charge on any atom is 0.150 e. The van der Waals surface area contributed by atoms with E-state index in [9.17, 15) is 0 Å². The van der Waals surface area contributed by atoms with Gasteiger partial charge in [-0.05, 0) is 36.9 Å². The maximum atomic E-state index is 6.08. The van der Waals surface area contributed by atoms with Crippen LogP contribution in [0.3, 0.4) is 0 Å². The van der Waals surface area contributed by atoms with Crippen LogP contribution in [0.25, 0.3) is 10.9 Å². The predicted octanol–water partition coefficient (Wildman–Crippen LogP) is 3.53. The Labute approximate surface area is 123 Å². The van der Waals surface area contributed by atoms with Gasteiger partial charge >= 0.3 is 0 Å². The molecule has 0 radical (unpaired) electrons. The van der Waals surface area contributed by atoms with E-state index in [1.807, 2.05) is 36.4 Å². The second-order valence-corrected chi connectivity index (χ2v) is 4.69. The highest BCUT2D eigenvalue weighted by Gasteiger charge is 2.07. The van der Waals surface area contributed by atoms with Crippen LogP contribution in [0.1, 0.15) is 12.5 Å². The van der Waals surface area contributed by atoms with Crippen molar-refractivity contribution in [2.45, 2.75) is 13.5 Å². The average Bonchev–Trinajstić information content (AvgIpc) is 2.54. The molecule has 4 nitrogen and oxygen atoms in total. The van der Waals surface area contributed by atoms with Crippen LogP contribution in [0.2, 0.25) is 0 Å². The van der Waals surface area contributed by atoms with Crippen molar-refractivity contribution >= 4 is 10.9 Å². The number of aromatic nitrogens is 2. The molecule has 2 heterocycles. The van der Waals surface area contributed by atoms with E-state index in [4.69, 9.17) is 4.74 Å². The molecule has 1 aromatic carbocycles. The molecule has 3 aromatic rings. The summed E-state index contributed by atoms with van der Waals surface area (Å²) < 4.78 is 6.08. The van der Waals surface area contributed by atoms with E-state index in [-0.39, 0.29) is 0 Å². The molecule has 0 saturated carbocycles. The van der Waals surface area contributed by atoms with Crippen LogP contribution < -0.4 is 10.1 Å². The van der Waals surface area contributed by atoms with E-state index in [0.717, 1.165) is 41.1 Å². The van der Waals surface area contributed by atoms with Gasteiger partial charge in [-0.15, -0.1) is 0 Å². The van der Waals surface area contributed by atoms with Crippen LogP contribution in [0.15, 0.2) is 55.0 Å². The van der Waals surface area contributed by atoms with Gasteiger partial charge in [0.1, 0.15) is 11.5 Å². The summed E-state index contributed by atoms with van der Waals surface area (Å²) in [5.41, 5.74) is 2.01. The third-order valence-corrected chi connectivity index (χ3v) is 3.26. The molecule has 0 aliphatic carbocycles. The van der Waals surface area contributed by atoms with Gasteiger partial charge in [-0.3, -0.25) is 9.97 Å². The molecular formula is C17H17N3O. The van der Waals surface area contributed by atoms with E-state index in [2.05, 4.69) is 22.2 Å². The minimum absolute atomic E-state index is 0.761. The van der Waals surface area contributed by atoms with Crippen LogP contribution in [-0.2, 0) is 6.54 Å². The second kappa shape index (κ2) is 6.33. The summed E-state index contributed by atoms with van der Waals surface area (Å²) in [4.78, 5) is 8.51. The van der Waals surface area contributed by atoms with Crippen LogP contribution in [0.5, 0.6) is 11.5 Å². The zero-order valence-corrected chi connectivity index (χ0v) is 11.9. The molecule has 0 fully saturated rings. The van der Waals surface area contributed by atoms with E-state index in [1.165, 1.54) is 0 Å². The highest BCUT2D eigenvalue weighted by atomic mass is 16.5. The Kier molecular flexibility index (Phi) is 4.07. The average molecular weight is 279 g/mol. The maximum absolute atomic E-state index is 6.08. The van der Waals surface area contributed by atoms with Gasteiger partial charge in [-0.1, -0.05) is 13.0 Å². The van der Waals surface area contributed by atoms with Gasteiger partial charge in [0.05, 0.1) is 11.7 Å². The van der Waals surface area contributed by atoms with Gasteiger partial charge in [0, 0.05) is 29.9 Å². The largest absolute Gasteiger partial charge is 0.455 e. The van der Waals surface area contributed by atoms with Gasteiger partial charge in [-0.2, -0.15) is 0 Å². The third kappa shape index (κ3) is 3.01. The first-order valence-electron chi connectivity index (χ1n) is 7.03. The van der Waals surface area contributed by atoms with E-state index >= 15 is 0 Å². The van der Waals surface area contributed by atoms with Crippen molar-refractivity contribution in [1.82, 2.24) is 15.3 Å². The summed E-state index contributed by atoms with van der Waals surface area (Å²) in [6, 6.07) is 11.8. The molecule has 0 aliphatic heterocycles. The first-order chi connectivity index (χ1) is 10.4. The third-order valence-electron chi connectivity index (χ3n) is 3.26. The standard InChI is InChI=1S/C17H17N3O/c1-2-18-11-13-8-10-19-12-17(13)21-16-7-3-6-15-14(16)5-4-9-20-15/h3-10,12,18H,2,11H2,1H3. The highest BCUT2D eigenvalue weighted by Crippen LogP contribution is 2.30. The lowest BCUT2D eigenvalue weighted by Crippen LogP contribution is -2.12. The van der Waals surface area contributed by atoms with E-state index in [0.29, 0.717) is 0 Å². The number of nitrogens with zero attached hydrogens (tertiary/aromatic N) is 2. The Morgan fingerprint density at radius 2 is 2.00 bits per heavy atom. The van der Waals surface area contributed by atoms with Crippen molar-refractivity contribution in [2.24, 2.45) is 0 Å². The summed E-state index contributed by atoms with van der Waals surface area (Å²) in [6.45, 7) is 3.76. The molecule has 1 N–H and O–H groups in total. The van der Waals surface area contributed by atoms with Gasteiger partial charge in [0.25, 0.3) is 0 Å². The van der Waals surface area contributed by atoms with Crippen molar-refractivity contribution in [1.29, 1.82) is 0 Å². The number of pyridine rings is 2. The quantitative estimate of drug-likeness (QED) is 0.776. The Balaban J connectivity index is 1.95. The molecule has 2 aromatic heterocycles. The molecule has 0 atom stereocenters. The number of benzene rings is 1. The topological polar surface area (TPSA) is 47.0 Å². The molecule has 106 valence electrons. The van der Waals surface area contributed by atoms with Crippen molar-refractivity contribution in [2.75, 3.05) is 6.54 Å². The Bertz CT molecular complexity index is 737. The van der Waals surface area contributed by atoms with Crippen LogP contribution >= 0.6 is 0 Å².